The molecule has 1 unspecified atom stereocenters. The van der Waals surface area contributed by atoms with Gasteiger partial charge in [-0.15, -0.1) is 0 Å². The third kappa shape index (κ3) is 3.40. The van der Waals surface area contributed by atoms with Crippen LogP contribution >= 0.6 is 0 Å². The van der Waals surface area contributed by atoms with Crippen LogP contribution in [0.1, 0.15) is 19.3 Å². The highest BCUT2D eigenvalue weighted by Gasteiger charge is 2.27. The standard InChI is InChI=1S/C18H22N2/c19-18(16-6-7-16)12-13-20-17-10-8-15(9-11-17)14-4-2-1-3-5-14/h1-5,8-11,16,18,20H,6-7,12-13,19H2. The second-order valence-electron chi connectivity index (χ2n) is 5.66. The Balaban J connectivity index is 1.53. The Morgan fingerprint density at radius 3 is 2.25 bits per heavy atom. The van der Waals surface area contributed by atoms with Gasteiger partial charge in [0.1, 0.15) is 0 Å². The number of benzene rings is 2. The Hall–Kier alpha value is -1.80. The number of hydrogen-bond acceptors (Lipinski definition) is 2. The number of hydrogen-bond donors (Lipinski definition) is 2. The van der Waals surface area contributed by atoms with Gasteiger partial charge in [-0.1, -0.05) is 42.5 Å². The summed E-state index contributed by atoms with van der Waals surface area (Å²) in [4.78, 5) is 0. The highest BCUT2D eigenvalue weighted by Crippen LogP contribution is 2.32. The zero-order valence-corrected chi connectivity index (χ0v) is 11.8. The number of rotatable bonds is 6. The Bertz CT molecular complexity index is 529. The van der Waals surface area contributed by atoms with Gasteiger partial charge in [0, 0.05) is 18.3 Å². The minimum atomic E-state index is 0.381. The van der Waals surface area contributed by atoms with Gasteiger partial charge < -0.3 is 11.1 Å². The van der Waals surface area contributed by atoms with Gasteiger partial charge in [0.15, 0.2) is 0 Å². The van der Waals surface area contributed by atoms with E-state index in [4.69, 9.17) is 5.73 Å². The smallest absolute Gasteiger partial charge is 0.0340 e. The van der Waals surface area contributed by atoms with E-state index in [1.165, 1.54) is 29.7 Å². The van der Waals surface area contributed by atoms with Crippen LogP contribution in [0.3, 0.4) is 0 Å². The van der Waals surface area contributed by atoms with Crippen molar-refractivity contribution < 1.29 is 0 Å². The van der Waals surface area contributed by atoms with Gasteiger partial charge in [-0.05, 0) is 48.4 Å². The van der Waals surface area contributed by atoms with Crippen LogP contribution in [0.2, 0.25) is 0 Å². The maximum atomic E-state index is 6.10. The maximum Gasteiger partial charge on any atom is 0.0340 e. The molecular formula is C18H22N2. The summed E-state index contributed by atoms with van der Waals surface area (Å²) < 4.78 is 0. The van der Waals surface area contributed by atoms with Gasteiger partial charge in [-0.3, -0.25) is 0 Å². The molecule has 0 radical (unpaired) electrons. The van der Waals surface area contributed by atoms with Gasteiger partial charge in [0.25, 0.3) is 0 Å². The summed E-state index contributed by atoms with van der Waals surface area (Å²) in [6, 6.07) is 19.5. The zero-order valence-electron chi connectivity index (χ0n) is 11.8. The normalized spacial score (nSPS) is 15.8. The highest BCUT2D eigenvalue weighted by molar-refractivity contribution is 5.65. The lowest BCUT2D eigenvalue weighted by Crippen LogP contribution is -2.25. The molecule has 0 aromatic heterocycles. The van der Waals surface area contributed by atoms with E-state index >= 15 is 0 Å². The molecule has 2 heteroatoms. The van der Waals surface area contributed by atoms with Crippen LogP contribution < -0.4 is 11.1 Å². The maximum absolute atomic E-state index is 6.10. The Morgan fingerprint density at radius 1 is 0.950 bits per heavy atom. The van der Waals surface area contributed by atoms with E-state index in [1.54, 1.807) is 0 Å². The molecule has 20 heavy (non-hydrogen) atoms. The SMILES string of the molecule is NC(CCNc1ccc(-c2ccccc2)cc1)C1CC1. The van der Waals surface area contributed by atoms with Gasteiger partial charge in [0.2, 0.25) is 0 Å². The van der Waals surface area contributed by atoms with Crippen molar-refractivity contribution in [3.8, 4) is 11.1 Å². The van der Waals surface area contributed by atoms with Crippen molar-refractivity contribution in [3.63, 3.8) is 0 Å². The topological polar surface area (TPSA) is 38.0 Å². The highest BCUT2D eigenvalue weighted by atomic mass is 14.9. The molecule has 1 aliphatic carbocycles. The molecule has 2 nitrogen and oxygen atoms in total. The van der Waals surface area contributed by atoms with Crippen LogP contribution in [-0.4, -0.2) is 12.6 Å². The summed E-state index contributed by atoms with van der Waals surface area (Å²) >= 11 is 0. The van der Waals surface area contributed by atoms with E-state index in [0.717, 1.165) is 18.9 Å². The fourth-order valence-electron chi connectivity index (χ4n) is 2.55. The summed E-state index contributed by atoms with van der Waals surface area (Å²) in [5.41, 5.74) is 9.79. The van der Waals surface area contributed by atoms with E-state index in [0.29, 0.717) is 6.04 Å². The van der Waals surface area contributed by atoms with Crippen molar-refractivity contribution in [2.75, 3.05) is 11.9 Å². The van der Waals surface area contributed by atoms with E-state index in [9.17, 15) is 0 Å². The first kappa shape index (κ1) is 13.2. The van der Waals surface area contributed by atoms with Crippen molar-refractivity contribution in [1.82, 2.24) is 0 Å². The molecule has 0 amide bonds. The fraction of sp³-hybridized carbons (Fsp3) is 0.333. The molecule has 0 bridgehead atoms. The molecule has 1 saturated carbocycles. The number of nitrogens with two attached hydrogens (primary N) is 1. The first-order chi connectivity index (χ1) is 9.83. The van der Waals surface area contributed by atoms with Crippen LogP contribution in [0.25, 0.3) is 11.1 Å². The molecule has 1 atom stereocenters. The summed E-state index contributed by atoms with van der Waals surface area (Å²) in [6.07, 6.45) is 3.71. The van der Waals surface area contributed by atoms with Gasteiger partial charge in [-0.25, -0.2) is 0 Å². The van der Waals surface area contributed by atoms with Crippen molar-refractivity contribution in [2.45, 2.75) is 25.3 Å². The van der Waals surface area contributed by atoms with Crippen molar-refractivity contribution in [1.29, 1.82) is 0 Å². The van der Waals surface area contributed by atoms with Gasteiger partial charge in [-0.2, -0.15) is 0 Å². The molecule has 0 spiro atoms. The lowest BCUT2D eigenvalue weighted by atomic mass is 10.1. The average molecular weight is 266 g/mol. The summed E-state index contributed by atoms with van der Waals surface area (Å²) in [7, 11) is 0. The molecule has 3 N–H and O–H groups in total. The van der Waals surface area contributed by atoms with Crippen molar-refractivity contribution in [2.24, 2.45) is 11.7 Å². The van der Waals surface area contributed by atoms with Gasteiger partial charge >= 0.3 is 0 Å². The minimum absolute atomic E-state index is 0.381. The van der Waals surface area contributed by atoms with Crippen molar-refractivity contribution >= 4 is 5.69 Å². The van der Waals surface area contributed by atoms with Crippen LogP contribution in [-0.2, 0) is 0 Å². The molecular weight excluding hydrogens is 244 g/mol. The second-order valence-corrected chi connectivity index (χ2v) is 5.66. The van der Waals surface area contributed by atoms with Crippen LogP contribution in [0, 0.1) is 5.92 Å². The Kier molecular flexibility index (Phi) is 4.03. The van der Waals surface area contributed by atoms with E-state index in [-0.39, 0.29) is 0 Å². The quantitative estimate of drug-likeness (QED) is 0.832. The van der Waals surface area contributed by atoms with E-state index in [2.05, 4.69) is 53.8 Å². The average Bonchev–Trinajstić information content (AvgIpc) is 3.33. The summed E-state index contributed by atoms with van der Waals surface area (Å²) in [6.45, 7) is 0.961. The monoisotopic (exact) mass is 266 g/mol. The van der Waals surface area contributed by atoms with E-state index in [1.807, 2.05) is 6.07 Å². The van der Waals surface area contributed by atoms with Crippen LogP contribution in [0.5, 0.6) is 0 Å². The van der Waals surface area contributed by atoms with Crippen LogP contribution in [0.4, 0.5) is 5.69 Å². The number of anilines is 1. The Labute approximate surface area is 121 Å². The molecule has 1 fully saturated rings. The molecule has 1 aliphatic rings. The minimum Gasteiger partial charge on any atom is -0.385 e. The summed E-state index contributed by atoms with van der Waals surface area (Å²) in [5.74, 6) is 0.789. The third-order valence-corrected chi connectivity index (χ3v) is 4.03. The summed E-state index contributed by atoms with van der Waals surface area (Å²) in [5, 5.41) is 3.46. The molecule has 104 valence electrons. The first-order valence-corrected chi connectivity index (χ1v) is 7.48. The molecule has 0 aliphatic heterocycles. The van der Waals surface area contributed by atoms with Gasteiger partial charge in [0.05, 0.1) is 0 Å². The predicted molar refractivity (Wildman–Crippen MR) is 85.7 cm³/mol. The lowest BCUT2D eigenvalue weighted by Gasteiger charge is -2.12. The van der Waals surface area contributed by atoms with E-state index < -0.39 is 0 Å². The number of nitrogens with one attached hydrogen (secondary N) is 1. The van der Waals surface area contributed by atoms with Crippen molar-refractivity contribution in [3.05, 3.63) is 54.6 Å². The third-order valence-electron chi connectivity index (χ3n) is 4.03. The largest absolute Gasteiger partial charge is 0.385 e. The van der Waals surface area contributed by atoms with Crippen LogP contribution in [0.15, 0.2) is 54.6 Å². The fourth-order valence-corrected chi connectivity index (χ4v) is 2.55. The lowest BCUT2D eigenvalue weighted by molar-refractivity contribution is 0.565. The molecule has 0 heterocycles. The Morgan fingerprint density at radius 2 is 1.60 bits per heavy atom. The molecule has 2 aromatic rings. The second kappa shape index (κ2) is 6.10. The molecule has 0 saturated heterocycles. The zero-order chi connectivity index (χ0) is 13.8. The first-order valence-electron chi connectivity index (χ1n) is 7.48. The molecule has 3 rings (SSSR count). The molecule has 2 aromatic carbocycles. The predicted octanol–water partition coefficient (Wildman–Crippen LogP) is 3.89.